The average Bonchev–Trinajstić information content (AvgIpc) is 3.19. The van der Waals surface area contributed by atoms with Crippen LogP contribution in [-0.4, -0.2) is 34.2 Å². The third-order valence-electron chi connectivity index (χ3n) is 6.47. The van der Waals surface area contributed by atoms with Crippen molar-refractivity contribution in [3.63, 3.8) is 0 Å². The van der Waals surface area contributed by atoms with Gasteiger partial charge in [0.1, 0.15) is 11.4 Å². The lowest BCUT2D eigenvalue weighted by molar-refractivity contribution is 0.0984. The molecule has 9 heteroatoms. The number of nitrogens with zero attached hydrogens (tertiary/aromatic N) is 5. The second-order valence-electron chi connectivity index (χ2n) is 9.41. The van der Waals surface area contributed by atoms with E-state index in [2.05, 4.69) is 20.8 Å². The van der Waals surface area contributed by atoms with Crippen molar-refractivity contribution in [1.82, 2.24) is 14.7 Å². The molecule has 1 saturated heterocycles. The fourth-order valence-corrected chi connectivity index (χ4v) is 5.20. The van der Waals surface area contributed by atoms with Crippen molar-refractivity contribution < 1.29 is 4.79 Å². The van der Waals surface area contributed by atoms with Crippen LogP contribution in [-0.2, 0) is 6.42 Å². The number of nitriles is 1. The van der Waals surface area contributed by atoms with Crippen molar-refractivity contribution >= 4 is 35.7 Å². The number of aliphatic imine (C=N–C) groups is 1. The third-order valence-corrected chi connectivity index (χ3v) is 7.24. The first-order valence-corrected chi connectivity index (χ1v) is 12.8. The van der Waals surface area contributed by atoms with Crippen LogP contribution in [0.5, 0.6) is 0 Å². The van der Waals surface area contributed by atoms with Crippen LogP contribution >= 0.6 is 11.9 Å². The Morgan fingerprint density at radius 3 is 2.94 bits per heavy atom. The highest BCUT2D eigenvalue weighted by Crippen LogP contribution is 2.40. The first-order chi connectivity index (χ1) is 16.9. The zero-order valence-electron chi connectivity index (χ0n) is 20.2. The van der Waals surface area contributed by atoms with Gasteiger partial charge < -0.3 is 10.6 Å². The molecule has 1 amide bonds. The summed E-state index contributed by atoms with van der Waals surface area (Å²) in [4.78, 5) is 29.8. The topological polar surface area (TPSA) is 120 Å². The summed E-state index contributed by atoms with van der Waals surface area (Å²) in [6.45, 7) is 4.40. The van der Waals surface area contributed by atoms with Crippen molar-refractivity contribution in [2.45, 2.75) is 62.8 Å². The lowest BCUT2D eigenvalue weighted by atomic mass is 9.92. The molecular weight excluding hydrogens is 458 g/mol. The summed E-state index contributed by atoms with van der Waals surface area (Å²) >= 11 is 1.22. The van der Waals surface area contributed by atoms with Gasteiger partial charge >= 0.3 is 0 Å². The monoisotopic (exact) mass is 489 g/mol. The number of nitrogens with two attached hydrogens (primary N) is 1. The molecule has 2 aromatic heterocycles. The molecule has 1 fully saturated rings. The Bertz CT molecular complexity index is 1170. The van der Waals surface area contributed by atoms with E-state index in [1.54, 1.807) is 37.5 Å². The van der Waals surface area contributed by atoms with E-state index in [1.165, 1.54) is 11.9 Å². The van der Waals surface area contributed by atoms with Gasteiger partial charge in [-0.1, -0.05) is 12.8 Å². The second kappa shape index (κ2) is 10.9. The maximum atomic E-state index is 13.3. The van der Waals surface area contributed by atoms with Gasteiger partial charge in [0.2, 0.25) is 0 Å². The highest BCUT2D eigenvalue weighted by atomic mass is 32.2. The number of hydrogen-bond donors (Lipinski definition) is 2. The van der Waals surface area contributed by atoms with Crippen molar-refractivity contribution in [1.29, 1.82) is 5.26 Å². The Labute approximate surface area is 210 Å². The van der Waals surface area contributed by atoms with Crippen LogP contribution in [0.1, 0.15) is 62.0 Å². The van der Waals surface area contributed by atoms with Gasteiger partial charge in [-0.3, -0.25) is 14.5 Å². The maximum absolute atomic E-state index is 13.3. The summed E-state index contributed by atoms with van der Waals surface area (Å²) < 4.78 is 2.91. The van der Waals surface area contributed by atoms with E-state index in [0.717, 1.165) is 49.1 Å². The predicted octanol–water partition coefficient (Wildman–Crippen LogP) is 4.70. The highest BCUT2D eigenvalue weighted by Gasteiger charge is 2.44. The molecule has 5 heterocycles. The van der Waals surface area contributed by atoms with Crippen LogP contribution in [0, 0.1) is 17.2 Å². The van der Waals surface area contributed by atoms with Crippen molar-refractivity contribution in [2.75, 3.05) is 11.4 Å². The molecule has 182 valence electrons. The minimum Gasteiger partial charge on any atom is -0.402 e. The molecule has 2 atom stereocenters. The molecule has 3 N–H and O–H groups in total. The van der Waals surface area contributed by atoms with Gasteiger partial charge in [0.15, 0.2) is 5.82 Å². The number of amides is 1. The molecule has 0 radical (unpaired) electrons. The van der Waals surface area contributed by atoms with Gasteiger partial charge in [-0.25, -0.2) is 9.98 Å². The fraction of sp³-hybridized carbons (Fsp3) is 0.423. The first-order valence-electron chi connectivity index (χ1n) is 12.0. The lowest BCUT2D eigenvalue weighted by Gasteiger charge is -2.31. The van der Waals surface area contributed by atoms with Gasteiger partial charge in [0, 0.05) is 35.2 Å². The van der Waals surface area contributed by atoms with Gasteiger partial charge in [-0.05, 0) is 87.7 Å². The Morgan fingerprint density at radius 1 is 1.34 bits per heavy atom. The molecule has 2 unspecified atom stereocenters. The van der Waals surface area contributed by atoms with Crippen molar-refractivity contribution in [3.05, 3.63) is 53.5 Å². The molecule has 2 aromatic rings. The van der Waals surface area contributed by atoms with Crippen LogP contribution < -0.4 is 15.4 Å². The zero-order valence-corrected chi connectivity index (χ0v) is 21.0. The van der Waals surface area contributed by atoms with Crippen LogP contribution in [0.25, 0.3) is 0 Å². The average molecular weight is 490 g/mol. The lowest BCUT2D eigenvalue weighted by Crippen LogP contribution is -2.41. The zero-order chi connectivity index (χ0) is 24.8. The van der Waals surface area contributed by atoms with Gasteiger partial charge in [-0.15, -0.1) is 0 Å². The van der Waals surface area contributed by atoms with Crippen LogP contribution in [0.3, 0.4) is 0 Å². The van der Waals surface area contributed by atoms with Crippen LogP contribution in [0.2, 0.25) is 0 Å². The molecule has 3 aliphatic heterocycles. The molecule has 8 nitrogen and oxygen atoms in total. The number of hydrogen-bond acceptors (Lipinski definition) is 8. The molecule has 0 spiro atoms. The number of carbonyl (C=O) groups is 1. The number of rotatable bonds is 2. The maximum Gasteiger partial charge on any atom is 0.265 e. The van der Waals surface area contributed by atoms with E-state index in [1.807, 2.05) is 24.0 Å². The predicted molar refractivity (Wildman–Crippen MR) is 140 cm³/mol. The molecule has 0 saturated carbocycles. The molecule has 35 heavy (non-hydrogen) atoms. The summed E-state index contributed by atoms with van der Waals surface area (Å²) in [5.41, 5.74) is 7.06. The van der Waals surface area contributed by atoms with E-state index in [9.17, 15) is 10.1 Å². The SMILES string of the molecule is C/C(N)=C/C=Nc1ccc2c(n1)N1CC(CCCCCc3ccc(cn3)SNC2=O)CC1(C)C#N. The number of nitrogens with one attached hydrogen (secondary N) is 1. The summed E-state index contributed by atoms with van der Waals surface area (Å²) in [7, 11) is 0. The third kappa shape index (κ3) is 6.01. The molecular formula is C26H31N7OS. The Morgan fingerprint density at radius 2 is 2.20 bits per heavy atom. The van der Waals surface area contributed by atoms with Crippen LogP contribution in [0.15, 0.2) is 52.1 Å². The Hall–Kier alpha value is -3.38. The minimum atomic E-state index is -0.750. The number of anilines is 1. The molecule has 4 bridgehead atoms. The molecule has 0 aliphatic carbocycles. The van der Waals surface area contributed by atoms with Gasteiger partial charge in [-0.2, -0.15) is 5.26 Å². The fourth-order valence-electron chi connectivity index (χ4n) is 4.64. The highest BCUT2D eigenvalue weighted by molar-refractivity contribution is 7.98. The minimum absolute atomic E-state index is 0.275. The van der Waals surface area contributed by atoms with E-state index in [4.69, 9.17) is 10.7 Å². The van der Waals surface area contributed by atoms with Crippen LogP contribution in [0.4, 0.5) is 11.6 Å². The number of allylic oxidation sites excluding steroid dienone is 2. The second-order valence-corrected chi connectivity index (χ2v) is 10.3. The van der Waals surface area contributed by atoms with E-state index in [-0.39, 0.29) is 5.91 Å². The molecule has 3 aliphatic rings. The summed E-state index contributed by atoms with van der Waals surface area (Å²) in [5, 5.41) is 10.1. The molecule has 0 aromatic carbocycles. The van der Waals surface area contributed by atoms with Gasteiger partial charge in [0.25, 0.3) is 5.91 Å². The summed E-state index contributed by atoms with van der Waals surface area (Å²) in [5.74, 6) is 1.02. The van der Waals surface area contributed by atoms with Gasteiger partial charge in [0.05, 0.1) is 11.6 Å². The summed E-state index contributed by atoms with van der Waals surface area (Å²) in [6, 6.07) is 9.93. The Kier molecular flexibility index (Phi) is 7.71. The molecule has 5 rings (SSSR count). The number of aryl methyl sites for hydroxylation is 1. The number of aromatic nitrogens is 2. The normalized spacial score (nSPS) is 23.6. The standard InChI is InChI=1S/C26H31N7OS/c1-18(28)12-13-29-23-11-10-22-24(31-23)33-16-19(14-26(33,2)17-27)6-4-3-5-7-20-8-9-21(15-30-20)35-32-25(22)34/h8-13,15,19H,3-7,14,16,28H2,1-2H3,(H,32,34)/b18-12-,29-13?. The van der Waals surface area contributed by atoms with Crippen molar-refractivity contribution in [3.8, 4) is 6.07 Å². The number of pyridine rings is 2. The summed E-state index contributed by atoms with van der Waals surface area (Å²) in [6.07, 6.45) is 11.1. The van der Waals surface area contributed by atoms with Crippen molar-refractivity contribution in [2.24, 2.45) is 16.6 Å². The quantitative estimate of drug-likeness (QED) is 0.463. The Balaban J connectivity index is 1.72. The smallest absolute Gasteiger partial charge is 0.265 e. The first kappa shape index (κ1) is 24.7. The largest absolute Gasteiger partial charge is 0.402 e. The van der Waals surface area contributed by atoms with E-state index < -0.39 is 5.54 Å². The van der Waals surface area contributed by atoms with E-state index >= 15 is 0 Å². The number of carbonyl (C=O) groups excluding carboxylic acids is 1. The van der Waals surface area contributed by atoms with E-state index in [0.29, 0.717) is 35.4 Å². The number of fused-ring (bicyclic) bond motifs is 8.